The van der Waals surface area contributed by atoms with Crippen LogP contribution in [0.25, 0.3) is 10.2 Å². The maximum absolute atomic E-state index is 12.8. The molecular formula is C22H22N2O6S. The molecule has 3 rings (SSSR count). The zero-order chi connectivity index (χ0) is 22.4. The Balaban J connectivity index is 2.08. The molecule has 0 atom stereocenters. The van der Waals surface area contributed by atoms with Crippen molar-refractivity contribution in [3.63, 3.8) is 0 Å². The Morgan fingerprint density at radius 1 is 1.00 bits per heavy atom. The summed E-state index contributed by atoms with van der Waals surface area (Å²) in [6.07, 6.45) is 0. The highest BCUT2D eigenvalue weighted by Crippen LogP contribution is 2.27. The van der Waals surface area contributed by atoms with Crippen molar-refractivity contribution in [2.75, 3.05) is 20.3 Å². The number of rotatable bonds is 7. The van der Waals surface area contributed by atoms with Gasteiger partial charge < -0.3 is 18.8 Å². The monoisotopic (exact) mass is 442 g/mol. The van der Waals surface area contributed by atoms with Gasteiger partial charge in [-0.3, -0.25) is 9.59 Å². The highest BCUT2D eigenvalue weighted by atomic mass is 32.1. The van der Waals surface area contributed by atoms with Crippen molar-refractivity contribution < 1.29 is 28.6 Å². The third kappa shape index (κ3) is 5.00. The predicted octanol–water partition coefficient (Wildman–Crippen LogP) is 3.19. The van der Waals surface area contributed by atoms with E-state index in [0.29, 0.717) is 33.8 Å². The lowest BCUT2D eigenvalue weighted by atomic mass is 10.1. The molecule has 1 amide bonds. The van der Waals surface area contributed by atoms with Crippen molar-refractivity contribution in [1.82, 2.24) is 4.57 Å². The Morgan fingerprint density at radius 3 is 2.35 bits per heavy atom. The Morgan fingerprint density at radius 2 is 1.71 bits per heavy atom. The fourth-order valence-corrected chi connectivity index (χ4v) is 4.00. The minimum atomic E-state index is -0.501. The zero-order valence-electron chi connectivity index (χ0n) is 17.4. The van der Waals surface area contributed by atoms with E-state index in [1.807, 2.05) is 19.1 Å². The highest BCUT2D eigenvalue weighted by Gasteiger charge is 2.16. The molecule has 1 aromatic heterocycles. The number of methoxy groups -OCH3 is 1. The zero-order valence-corrected chi connectivity index (χ0v) is 18.2. The third-order valence-electron chi connectivity index (χ3n) is 4.31. The SMILES string of the molecule is CCOC(=O)Cn1c(=NC(=O)c2ccc(C(=O)OC)cc2)sc2cccc(OCC)c21. The summed E-state index contributed by atoms with van der Waals surface area (Å²) in [6, 6.07) is 11.5. The number of esters is 2. The molecule has 3 aromatic rings. The number of amides is 1. The van der Waals surface area contributed by atoms with Crippen molar-refractivity contribution in [3.8, 4) is 5.75 Å². The Bertz CT molecular complexity index is 1180. The van der Waals surface area contributed by atoms with E-state index in [9.17, 15) is 14.4 Å². The van der Waals surface area contributed by atoms with E-state index in [0.717, 1.165) is 4.70 Å². The molecule has 0 aliphatic carbocycles. The molecule has 0 aliphatic heterocycles. The van der Waals surface area contributed by atoms with Gasteiger partial charge in [-0.15, -0.1) is 0 Å². The van der Waals surface area contributed by atoms with Gasteiger partial charge in [0, 0.05) is 5.56 Å². The molecule has 0 fully saturated rings. The van der Waals surface area contributed by atoms with E-state index in [4.69, 9.17) is 9.47 Å². The molecule has 9 heteroatoms. The predicted molar refractivity (Wildman–Crippen MR) is 115 cm³/mol. The summed E-state index contributed by atoms with van der Waals surface area (Å²) in [6.45, 7) is 4.19. The van der Waals surface area contributed by atoms with Crippen molar-refractivity contribution in [3.05, 3.63) is 58.4 Å². The lowest BCUT2D eigenvalue weighted by Crippen LogP contribution is -2.23. The van der Waals surface area contributed by atoms with E-state index < -0.39 is 17.8 Å². The quantitative estimate of drug-likeness (QED) is 0.522. The molecule has 0 N–H and O–H groups in total. The Hall–Kier alpha value is -3.46. The maximum Gasteiger partial charge on any atom is 0.337 e. The number of fused-ring (bicyclic) bond motifs is 1. The number of carbonyl (C=O) groups excluding carboxylic acids is 3. The van der Waals surface area contributed by atoms with Crippen LogP contribution in [0.3, 0.4) is 0 Å². The van der Waals surface area contributed by atoms with Crippen molar-refractivity contribution in [2.24, 2.45) is 4.99 Å². The van der Waals surface area contributed by atoms with Crippen LogP contribution in [0, 0.1) is 0 Å². The minimum absolute atomic E-state index is 0.106. The number of benzene rings is 2. The van der Waals surface area contributed by atoms with Crippen LogP contribution in [0.4, 0.5) is 0 Å². The standard InChI is InChI=1S/C22H22N2O6S/c1-4-29-16-7-6-8-17-19(16)24(13-18(25)30-5-2)22(31-17)23-20(26)14-9-11-15(12-10-14)21(27)28-3/h6-12H,4-5,13H2,1-3H3. The van der Waals surface area contributed by atoms with Gasteiger partial charge in [-0.05, 0) is 50.2 Å². The average Bonchev–Trinajstić information content (AvgIpc) is 3.11. The lowest BCUT2D eigenvalue weighted by molar-refractivity contribution is -0.143. The van der Waals surface area contributed by atoms with Gasteiger partial charge >= 0.3 is 11.9 Å². The second kappa shape index (κ2) is 10.0. The fraction of sp³-hybridized carbons (Fsp3) is 0.273. The number of nitrogens with zero attached hydrogens (tertiary/aromatic N) is 2. The third-order valence-corrected chi connectivity index (χ3v) is 5.35. The summed E-state index contributed by atoms with van der Waals surface area (Å²) in [7, 11) is 1.29. The number of para-hydroxylation sites is 1. The van der Waals surface area contributed by atoms with Gasteiger partial charge in [-0.1, -0.05) is 17.4 Å². The molecule has 8 nitrogen and oxygen atoms in total. The molecule has 0 aliphatic rings. The van der Waals surface area contributed by atoms with Gasteiger partial charge in [-0.25, -0.2) is 4.79 Å². The Labute approximate surface area is 182 Å². The normalized spacial score (nSPS) is 11.4. The summed E-state index contributed by atoms with van der Waals surface area (Å²) < 4.78 is 17.9. The summed E-state index contributed by atoms with van der Waals surface area (Å²) >= 11 is 1.27. The number of ether oxygens (including phenoxy) is 3. The first-order valence-electron chi connectivity index (χ1n) is 9.66. The second-order valence-electron chi connectivity index (χ2n) is 6.30. The van der Waals surface area contributed by atoms with Gasteiger partial charge in [0.25, 0.3) is 5.91 Å². The van der Waals surface area contributed by atoms with Gasteiger partial charge in [-0.2, -0.15) is 4.99 Å². The number of hydrogen-bond acceptors (Lipinski definition) is 7. The largest absolute Gasteiger partial charge is 0.492 e. The molecule has 0 saturated carbocycles. The average molecular weight is 442 g/mol. The molecule has 162 valence electrons. The first-order chi connectivity index (χ1) is 15.0. The molecule has 0 radical (unpaired) electrons. The maximum atomic E-state index is 12.8. The van der Waals surface area contributed by atoms with Crippen LogP contribution in [0.5, 0.6) is 5.75 Å². The highest BCUT2D eigenvalue weighted by molar-refractivity contribution is 7.16. The number of aromatic nitrogens is 1. The molecule has 0 spiro atoms. The van der Waals surface area contributed by atoms with E-state index in [2.05, 4.69) is 9.73 Å². The lowest BCUT2D eigenvalue weighted by Gasteiger charge is -2.09. The van der Waals surface area contributed by atoms with E-state index in [1.165, 1.54) is 42.7 Å². The van der Waals surface area contributed by atoms with Crippen molar-refractivity contribution in [2.45, 2.75) is 20.4 Å². The number of carbonyl (C=O) groups is 3. The summed E-state index contributed by atoms with van der Waals surface area (Å²) in [5.74, 6) is -0.837. The Kier molecular flexibility index (Phi) is 7.19. The fourth-order valence-electron chi connectivity index (χ4n) is 2.96. The van der Waals surface area contributed by atoms with E-state index in [-0.39, 0.29) is 13.2 Å². The van der Waals surface area contributed by atoms with Crippen LogP contribution < -0.4 is 9.54 Å². The first-order valence-corrected chi connectivity index (χ1v) is 10.5. The molecule has 2 aromatic carbocycles. The van der Waals surface area contributed by atoms with Crippen LogP contribution in [0.15, 0.2) is 47.5 Å². The smallest absolute Gasteiger partial charge is 0.337 e. The van der Waals surface area contributed by atoms with E-state index in [1.54, 1.807) is 17.6 Å². The number of hydrogen-bond donors (Lipinski definition) is 0. The molecule has 31 heavy (non-hydrogen) atoms. The van der Waals surface area contributed by atoms with Crippen LogP contribution in [-0.4, -0.2) is 42.7 Å². The van der Waals surface area contributed by atoms with Crippen LogP contribution in [0.1, 0.15) is 34.6 Å². The first kappa shape index (κ1) is 22.2. The molecule has 0 saturated heterocycles. The van der Waals surface area contributed by atoms with Crippen LogP contribution in [0.2, 0.25) is 0 Å². The van der Waals surface area contributed by atoms with Gasteiger partial charge in [0.15, 0.2) is 4.80 Å². The topological polar surface area (TPSA) is 96.2 Å². The molecular weight excluding hydrogens is 420 g/mol. The number of thiazole rings is 1. The van der Waals surface area contributed by atoms with Gasteiger partial charge in [0.1, 0.15) is 17.8 Å². The van der Waals surface area contributed by atoms with Crippen molar-refractivity contribution >= 4 is 39.4 Å². The van der Waals surface area contributed by atoms with E-state index >= 15 is 0 Å². The summed E-state index contributed by atoms with van der Waals surface area (Å²) in [5.41, 5.74) is 1.31. The van der Waals surface area contributed by atoms with Gasteiger partial charge in [0.2, 0.25) is 0 Å². The minimum Gasteiger partial charge on any atom is -0.492 e. The molecule has 0 bridgehead atoms. The summed E-state index contributed by atoms with van der Waals surface area (Å²) in [5, 5.41) is 0. The van der Waals surface area contributed by atoms with Crippen LogP contribution >= 0.6 is 11.3 Å². The second-order valence-corrected chi connectivity index (χ2v) is 7.31. The van der Waals surface area contributed by atoms with Gasteiger partial charge in [0.05, 0.1) is 30.6 Å². The summed E-state index contributed by atoms with van der Waals surface area (Å²) in [4.78, 5) is 41.2. The van der Waals surface area contributed by atoms with Crippen LogP contribution in [-0.2, 0) is 20.8 Å². The molecule has 1 heterocycles. The van der Waals surface area contributed by atoms with Crippen molar-refractivity contribution in [1.29, 1.82) is 0 Å². The molecule has 0 unspecified atom stereocenters.